The second kappa shape index (κ2) is 14.8. The standard InChI is InChI=1S/C14H18N4O3S.C7H7F.C3H4O2/c1-20-14(19)10-8-16-12(13-15-2-7-22-13)17-11(10)9-18-3-5-21-6-4-18;1-6-3-2-4-7(8)5-6;1-2-3(4)5/h2,7H,3-6,8-9H2,1H3,(H,16,17);2-5H,1H3;2H,1H2,(H,4,5). The molecule has 1 aromatic carbocycles. The Labute approximate surface area is 207 Å². The van der Waals surface area contributed by atoms with Crippen LogP contribution in [0.5, 0.6) is 0 Å². The molecule has 0 atom stereocenters. The first-order valence-corrected chi connectivity index (χ1v) is 11.6. The Kier molecular flexibility index (Phi) is 11.7. The van der Waals surface area contributed by atoms with Gasteiger partial charge in [0, 0.05) is 43.0 Å². The van der Waals surface area contributed by atoms with Crippen LogP contribution >= 0.6 is 11.3 Å². The van der Waals surface area contributed by atoms with Crippen LogP contribution in [0.25, 0.3) is 0 Å². The number of methoxy groups -OCH3 is 1. The number of carboxylic acid groups (broad SMARTS) is 1. The van der Waals surface area contributed by atoms with Gasteiger partial charge in [-0.3, -0.25) is 9.89 Å². The second-order valence-corrected chi connectivity index (χ2v) is 8.20. The van der Waals surface area contributed by atoms with Crippen molar-refractivity contribution in [1.29, 1.82) is 0 Å². The van der Waals surface area contributed by atoms with Crippen LogP contribution in [-0.2, 0) is 19.1 Å². The number of morpholine rings is 1. The Morgan fingerprint density at radius 3 is 2.60 bits per heavy atom. The molecule has 0 bridgehead atoms. The largest absolute Gasteiger partial charge is 0.478 e. The molecule has 0 amide bonds. The van der Waals surface area contributed by atoms with Crippen LogP contribution in [0.4, 0.5) is 4.39 Å². The first-order chi connectivity index (χ1) is 16.8. The zero-order valence-corrected chi connectivity index (χ0v) is 20.5. The highest BCUT2D eigenvalue weighted by molar-refractivity contribution is 7.11. The molecule has 2 N–H and O–H groups in total. The summed E-state index contributed by atoms with van der Waals surface area (Å²) >= 11 is 1.52. The molecule has 0 radical (unpaired) electrons. The molecule has 9 nitrogen and oxygen atoms in total. The van der Waals surface area contributed by atoms with Crippen molar-refractivity contribution in [3.05, 3.63) is 76.2 Å². The summed E-state index contributed by atoms with van der Waals surface area (Å²) in [5.74, 6) is -0.765. The van der Waals surface area contributed by atoms with Crippen molar-refractivity contribution in [2.24, 2.45) is 4.99 Å². The fraction of sp³-hybridized carbons (Fsp3) is 0.333. The maximum absolute atomic E-state index is 12.2. The van der Waals surface area contributed by atoms with Gasteiger partial charge in [-0.15, -0.1) is 11.3 Å². The summed E-state index contributed by atoms with van der Waals surface area (Å²) in [4.78, 5) is 32.1. The summed E-state index contributed by atoms with van der Waals surface area (Å²) in [5.41, 5.74) is 2.38. The highest BCUT2D eigenvalue weighted by Gasteiger charge is 2.25. The third-order valence-electron chi connectivity index (χ3n) is 4.74. The molecule has 2 aliphatic rings. The van der Waals surface area contributed by atoms with Crippen LogP contribution < -0.4 is 5.32 Å². The van der Waals surface area contributed by atoms with Crippen LogP contribution in [0, 0.1) is 12.7 Å². The molecule has 2 aromatic rings. The Hall–Kier alpha value is -3.41. The number of aryl methyl sites for hydroxylation is 1. The Morgan fingerprint density at radius 2 is 2.09 bits per heavy atom. The van der Waals surface area contributed by atoms with Crippen molar-refractivity contribution < 1.29 is 28.6 Å². The zero-order chi connectivity index (χ0) is 25.6. The second-order valence-electron chi connectivity index (χ2n) is 7.31. The molecule has 11 heteroatoms. The van der Waals surface area contributed by atoms with Gasteiger partial charge in [0.1, 0.15) is 5.82 Å². The maximum Gasteiger partial charge on any atom is 0.337 e. The number of aromatic nitrogens is 1. The number of nitrogens with zero attached hydrogens (tertiary/aromatic N) is 3. The van der Waals surface area contributed by atoms with E-state index in [0.717, 1.165) is 35.4 Å². The van der Waals surface area contributed by atoms with Crippen LogP contribution in [0.2, 0.25) is 0 Å². The minimum Gasteiger partial charge on any atom is -0.478 e. The molecule has 0 aliphatic carbocycles. The number of nitrogens with one attached hydrogen (secondary N) is 1. The van der Waals surface area contributed by atoms with Crippen LogP contribution in [0.15, 0.2) is 64.8 Å². The lowest BCUT2D eigenvalue weighted by atomic mass is 10.1. The van der Waals surface area contributed by atoms with Crippen LogP contribution in [0.1, 0.15) is 10.6 Å². The van der Waals surface area contributed by atoms with Crippen LogP contribution in [0.3, 0.4) is 0 Å². The van der Waals surface area contributed by atoms with Crippen molar-refractivity contribution in [2.75, 3.05) is 46.5 Å². The molecule has 4 rings (SSSR count). The third kappa shape index (κ3) is 9.77. The van der Waals surface area contributed by atoms with E-state index < -0.39 is 5.97 Å². The average Bonchev–Trinajstić information content (AvgIpc) is 3.40. The van der Waals surface area contributed by atoms with E-state index in [1.54, 1.807) is 12.3 Å². The fourth-order valence-electron chi connectivity index (χ4n) is 3.01. The number of carbonyl (C=O) groups is 2. The summed E-state index contributed by atoms with van der Waals surface area (Å²) in [7, 11) is 1.39. The topological polar surface area (TPSA) is 113 Å². The number of carbonyl (C=O) groups excluding carboxylic acids is 1. The van der Waals surface area contributed by atoms with Gasteiger partial charge in [0.2, 0.25) is 0 Å². The number of aliphatic carboxylic acids is 1. The van der Waals surface area contributed by atoms with Crippen molar-refractivity contribution in [1.82, 2.24) is 15.2 Å². The number of thiazole rings is 1. The fourth-order valence-corrected chi connectivity index (χ4v) is 3.61. The Bertz CT molecular complexity index is 1030. The summed E-state index contributed by atoms with van der Waals surface area (Å²) in [6, 6.07) is 6.50. The van der Waals surface area contributed by atoms with Gasteiger partial charge < -0.3 is 19.9 Å². The summed E-state index contributed by atoms with van der Waals surface area (Å²) < 4.78 is 22.4. The van der Waals surface area contributed by atoms with Crippen molar-refractivity contribution in [3.8, 4) is 0 Å². The van der Waals surface area contributed by atoms with E-state index in [1.807, 2.05) is 18.4 Å². The summed E-state index contributed by atoms with van der Waals surface area (Å²) in [5, 5.41) is 13.6. The monoisotopic (exact) mass is 504 g/mol. The number of aliphatic imine (C=N–C) groups is 1. The quantitative estimate of drug-likeness (QED) is 0.472. The number of carboxylic acids is 1. The SMILES string of the molecule is C=CC(=O)O.COC(=O)C1=C(CN2CCOCC2)NC(c2nccs2)=NC1.Cc1cccc(F)c1. The molecule has 1 saturated heterocycles. The minimum atomic E-state index is -0.981. The van der Waals surface area contributed by atoms with E-state index in [9.17, 15) is 14.0 Å². The molecular formula is C24H29FN4O5S. The summed E-state index contributed by atoms with van der Waals surface area (Å²) in [6.45, 7) is 8.92. The van der Waals surface area contributed by atoms with Gasteiger partial charge in [-0.1, -0.05) is 18.7 Å². The molecule has 0 spiro atoms. The molecular weight excluding hydrogens is 475 g/mol. The molecule has 0 saturated carbocycles. The normalized spacial score (nSPS) is 15.3. The van der Waals surface area contributed by atoms with Gasteiger partial charge in [-0.2, -0.15) is 0 Å². The number of amidine groups is 1. The van der Waals surface area contributed by atoms with E-state index in [4.69, 9.17) is 14.6 Å². The highest BCUT2D eigenvalue weighted by atomic mass is 32.1. The van der Waals surface area contributed by atoms with Crippen molar-refractivity contribution >= 4 is 29.1 Å². The van der Waals surface area contributed by atoms with Crippen molar-refractivity contribution in [3.63, 3.8) is 0 Å². The lowest BCUT2D eigenvalue weighted by Gasteiger charge is -2.29. The number of ether oxygens (including phenoxy) is 2. The molecule has 1 fully saturated rings. The first-order valence-electron chi connectivity index (χ1n) is 10.7. The molecule has 0 unspecified atom stereocenters. The zero-order valence-electron chi connectivity index (χ0n) is 19.7. The lowest BCUT2D eigenvalue weighted by molar-refractivity contribution is -0.136. The third-order valence-corrected chi connectivity index (χ3v) is 5.52. The number of halogens is 1. The number of hydrogen-bond donors (Lipinski definition) is 2. The number of rotatable bonds is 5. The lowest BCUT2D eigenvalue weighted by Crippen LogP contribution is -2.42. The van der Waals surface area contributed by atoms with E-state index in [0.29, 0.717) is 37.7 Å². The predicted octanol–water partition coefficient (Wildman–Crippen LogP) is 2.64. The smallest absolute Gasteiger partial charge is 0.337 e. The van der Waals surface area contributed by atoms with E-state index in [2.05, 4.69) is 26.8 Å². The van der Waals surface area contributed by atoms with Crippen LogP contribution in [-0.4, -0.2) is 79.3 Å². The molecule has 3 heterocycles. The van der Waals surface area contributed by atoms with E-state index >= 15 is 0 Å². The van der Waals surface area contributed by atoms with Gasteiger partial charge in [-0.25, -0.2) is 19.0 Å². The van der Waals surface area contributed by atoms with Gasteiger partial charge in [0.15, 0.2) is 10.8 Å². The predicted molar refractivity (Wildman–Crippen MR) is 132 cm³/mol. The maximum atomic E-state index is 12.2. The average molecular weight is 505 g/mol. The number of benzene rings is 1. The Morgan fingerprint density at radius 1 is 1.37 bits per heavy atom. The van der Waals surface area contributed by atoms with Gasteiger partial charge in [0.25, 0.3) is 0 Å². The van der Waals surface area contributed by atoms with E-state index in [-0.39, 0.29) is 11.8 Å². The molecule has 35 heavy (non-hydrogen) atoms. The summed E-state index contributed by atoms with van der Waals surface area (Å²) in [6.07, 6.45) is 2.57. The highest BCUT2D eigenvalue weighted by Crippen LogP contribution is 2.16. The first kappa shape index (κ1) is 27.8. The number of hydrogen-bond acceptors (Lipinski definition) is 9. The molecule has 188 valence electrons. The van der Waals surface area contributed by atoms with Gasteiger partial charge in [-0.05, 0) is 24.6 Å². The minimum absolute atomic E-state index is 0.162. The van der Waals surface area contributed by atoms with Gasteiger partial charge in [0.05, 0.1) is 32.4 Å². The Balaban J connectivity index is 0.000000273. The van der Waals surface area contributed by atoms with E-state index in [1.165, 1.54) is 30.6 Å². The van der Waals surface area contributed by atoms with Gasteiger partial charge >= 0.3 is 11.9 Å². The molecule has 1 aromatic heterocycles. The van der Waals surface area contributed by atoms with Crippen molar-refractivity contribution in [2.45, 2.75) is 6.92 Å². The molecule has 2 aliphatic heterocycles. The number of esters is 1.